The molecule has 0 saturated heterocycles. The first-order valence-electron chi connectivity index (χ1n) is 9.19. The Balaban J connectivity index is 1.81. The maximum Gasteiger partial charge on any atom is 0.242 e. The van der Waals surface area contributed by atoms with Gasteiger partial charge in [-0.15, -0.1) is 0 Å². The molecule has 1 aromatic rings. The first-order chi connectivity index (χ1) is 12.3. The van der Waals surface area contributed by atoms with Gasteiger partial charge in [0.1, 0.15) is 16.5 Å². The van der Waals surface area contributed by atoms with Crippen molar-refractivity contribution in [1.82, 2.24) is 4.31 Å². The van der Waals surface area contributed by atoms with E-state index in [1.165, 1.54) is 19.9 Å². The maximum absolute atomic E-state index is 13.0. The summed E-state index contributed by atoms with van der Waals surface area (Å²) in [6.45, 7) is 2.19. The monoisotopic (exact) mass is 378 g/mol. The molecule has 3 N–H and O–H groups in total. The van der Waals surface area contributed by atoms with Gasteiger partial charge in [0.2, 0.25) is 16.0 Å². The summed E-state index contributed by atoms with van der Waals surface area (Å²) in [6, 6.07) is 6.37. The lowest BCUT2D eigenvalue weighted by atomic mass is 9.87. The van der Waals surface area contributed by atoms with E-state index in [0.29, 0.717) is 24.8 Å². The Bertz CT molecular complexity index is 848. The van der Waals surface area contributed by atoms with Crippen LogP contribution in [0.15, 0.2) is 23.2 Å². The summed E-state index contributed by atoms with van der Waals surface area (Å²) < 4.78 is 32.9. The molecule has 0 bridgehead atoms. The third kappa shape index (κ3) is 2.62. The van der Waals surface area contributed by atoms with E-state index in [4.69, 9.17) is 10.5 Å². The Hall–Kier alpha value is -1.96. The zero-order valence-electron chi connectivity index (χ0n) is 15.2. The highest BCUT2D eigenvalue weighted by atomic mass is 32.2. The molecule has 8 heteroatoms. The first kappa shape index (κ1) is 17.5. The van der Waals surface area contributed by atoms with Crippen LogP contribution in [-0.2, 0) is 15.6 Å². The highest BCUT2D eigenvalue weighted by Gasteiger charge is 2.52. The SMILES string of the molecule is CN1C(N)=N[C@]2(C)c3cc(NC4CCCC4)ccc3OCC[C@@H]2S1(=O)=O. The maximum atomic E-state index is 13.0. The molecule has 3 aliphatic rings. The van der Waals surface area contributed by atoms with Crippen molar-refractivity contribution in [3.05, 3.63) is 23.8 Å². The number of sulfonamides is 1. The Morgan fingerprint density at radius 2 is 2.04 bits per heavy atom. The predicted octanol–water partition coefficient (Wildman–Crippen LogP) is 2.00. The molecule has 0 amide bonds. The van der Waals surface area contributed by atoms with Crippen molar-refractivity contribution in [1.29, 1.82) is 0 Å². The van der Waals surface area contributed by atoms with Crippen LogP contribution >= 0.6 is 0 Å². The predicted molar refractivity (Wildman–Crippen MR) is 102 cm³/mol. The number of hydrogen-bond acceptors (Lipinski definition) is 6. The molecular formula is C18H26N4O3S. The minimum atomic E-state index is -3.59. The number of nitrogens with one attached hydrogen (secondary N) is 1. The second-order valence-electron chi connectivity index (χ2n) is 7.59. The van der Waals surface area contributed by atoms with Crippen LogP contribution in [0, 0.1) is 0 Å². The second-order valence-corrected chi connectivity index (χ2v) is 9.74. The average molecular weight is 378 g/mol. The van der Waals surface area contributed by atoms with Crippen molar-refractivity contribution in [2.45, 2.75) is 55.9 Å². The van der Waals surface area contributed by atoms with Crippen LogP contribution in [0.1, 0.15) is 44.6 Å². The van der Waals surface area contributed by atoms with Crippen molar-refractivity contribution in [2.24, 2.45) is 10.7 Å². The number of guanidine groups is 1. The molecule has 26 heavy (non-hydrogen) atoms. The zero-order valence-corrected chi connectivity index (χ0v) is 16.1. The molecule has 0 aromatic heterocycles. The number of aliphatic imine (C=N–C) groups is 1. The minimum absolute atomic E-state index is 0.0192. The number of nitrogens with zero attached hydrogens (tertiary/aromatic N) is 2. The number of ether oxygens (including phenoxy) is 1. The quantitative estimate of drug-likeness (QED) is 0.820. The zero-order chi connectivity index (χ0) is 18.5. The van der Waals surface area contributed by atoms with Crippen molar-refractivity contribution in [2.75, 3.05) is 19.0 Å². The average Bonchev–Trinajstić information content (AvgIpc) is 3.05. The molecule has 2 atom stereocenters. The van der Waals surface area contributed by atoms with Gasteiger partial charge in [-0.3, -0.25) is 0 Å². The fourth-order valence-electron chi connectivity index (χ4n) is 4.38. The van der Waals surface area contributed by atoms with E-state index < -0.39 is 20.8 Å². The fourth-order valence-corrected chi connectivity index (χ4v) is 6.22. The molecule has 0 spiro atoms. The van der Waals surface area contributed by atoms with Crippen LogP contribution < -0.4 is 15.8 Å². The number of fused-ring (bicyclic) bond motifs is 3. The Kier molecular flexibility index (Phi) is 4.06. The van der Waals surface area contributed by atoms with E-state index in [2.05, 4.69) is 10.3 Å². The number of hydrogen-bond donors (Lipinski definition) is 2. The number of benzene rings is 1. The summed E-state index contributed by atoms with van der Waals surface area (Å²) in [5, 5.41) is 2.87. The van der Waals surface area contributed by atoms with Gasteiger partial charge in [0, 0.05) is 30.8 Å². The number of rotatable bonds is 2. The summed E-state index contributed by atoms with van der Waals surface area (Å²) in [5.74, 6) is 0.703. The molecule has 0 unspecified atom stereocenters. The van der Waals surface area contributed by atoms with Crippen LogP contribution in [0.4, 0.5) is 5.69 Å². The molecule has 1 saturated carbocycles. The van der Waals surface area contributed by atoms with Gasteiger partial charge < -0.3 is 15.8 Å². The third-order valence-electron chi connectivity index (χ3n) is 5.93. The van der Waals surface area contributed by atoms with Crippen LogP contribution in [-0.4, -0.2) is 43.6 Å². The van der Waals surface area contributed by atoms with Crippen molar-refractivity contribution in [3.8, 4) is 5.75 Å². The van der Waals surface area contributed by atoms with E-state index in [1.54, 1.807) is 0 Å². The molecule has 4 rings (SSSR count). The van der Waals surface area contributed by atoms with E-state index in [9.17, 15) is 8.42 Å². The van der Waals surface area contributed by atoms with Crippen LogP contribution in [0.25, 0.3) is 0 Å². The van der Waals surface area contributed by atoms with Crippen LogP contribution in [0.5, 0.6) is 5.75 Å². The van der Waals surface area contributed by atoms with Crippen molar-refractivity contribution >= 4 is 21.7 Å². The smallest absolute Gasteiger partial charge is 0.242 e. The van der Waals surface area contributed by atoms with Gasteiger partial charge in [0.15, 0.2) is 0 Å². The molecule has 1 aromatic carbocycles. The van der Waals surface area contributed by atoms with Crippen LogP contribution in [0.3, 0.4) is 0 Å². The lowest BCUT2D eigenvalue weighted by Crippen LogP contribution is -2.56. The minimum Gasteiger partial charge on any atom is -0.493 e. The van der Waals surface area contributed by atoms with Crippen molar-refractivity contribution < 1.29 is 13.2 Å². The Morgan fingerprint density at radius 3 is 2.77 bits per heavy atom. The molecule has 142 valence electrons. The summed E-state index contributed by atoms with van der Waals surface area (Å²) in [6.07, 6.45) is 5.20. The highest BCUT2D eigenvalue weighted by Crippen LogP contribution is 2.46. The standard InChI is InChI=1S/C18H26N4O3S/c1-18-14-11-13(20-12-5-3-4-6-12)7-8-15(14)25-10-9-16(18)26(23,24)22(2)17(19)21-18/h7-8,11-12,16,20H,3-6,9-10H2,1-2H3,(H2,19,21)/t16-,18+/m0/s1. The molecular weight excluding hydrogens is 352 g/mol. The molecule has 0 radical (unpaired) electrons. The van der Waals surface area contributed by atoms with Gasteiger partial charge in [-0.1, -0.05) is 12.8 Å². The number of anilines is 1. The third-order valence-corrected chi connectivity index (χ3v) is 8.29. The van der Waals surface area contributed by atoms with E-state index in [1.807, 2.05) is 25.1 Å². The lowest BCUT2D eigenvalue weighted by Gasteiger charge is -2.40. The van der Waals surface area contributed by atoms with Gasteiger partial charge >= 0.3 is 0 Å². The van der Waals surface area contributed by atoms with Crippen LogP contribution in [0.2, 0.25) is 0 Å². The summed E-state index contributed by atoms with van der Waals surface area (Å²) in [7, 11) is -2.14. The van der Waals surface area contributed by atoms with E-state index >= 15 is 0 Å². The van der Waals surface area contributed by atoms with Crippen molar-refractivity contribution in [3.63, 3.8) is 0 Å². The van der Waals surface area contributed by atoms with Gasteiger partial charge in [-0.2, -0.15) is 0 Å². The number of nitrogens with two attached hydrogens (primary N) is 1. The Labute approximate surface area is 154 Å². The van der Waals surface area contributed by atoms with E-state index in [-0.39, 0.29) is 5.96 Å². The van der Waals surface area contributed by atoms with Gasteiger partial charge in [-0.05, 0) is 38.0 Å². The Morgan fingerprint density at radius 1 is 1.31 bits per heavy atom. The van der Waals surface area contributed by atoms with E-state index in [0.717, 1.165) is 28.4 Å². The first-order valence-corrected chi connectivity index (χ1v) is 10.7. The molecule has 1 aliphatic carbocycles. The molecule has 2 aliphatic heterocycles. The second kappa shape index (κ2) is 6.04. The summed E-state index contributed by atoms with van der Waals surface area (Å²) in [5.41, 5.74) is 6.76. The largest absolute Gasteiger partial charge is 0.493 e. The highest BCUT2D eigenvalue weighted by molar-refractivity contribution is 7.90. The lowest BCUT2D eigenvalue weighted by molar-refractivity contribution is 0.310. The van der Waals surface area contributed by atoms with Gasteiger partial charge in [0.25, 0.3) is 0 Å². The van der Waals surface area contributed by atoms with Gasteiger partial charge in [0.05, 0.1) is 6.61 Å². The fraction of sp³-hybridized carbons (Fsp3) is 0.611. The summed E-state index contributed by atoms with van der Waals surface area (Å²) >= 11 is 0. The molecule has 1 fully saturated rings. The molecule has 2 heterocycles. The molecule has 7 nitrogen and oxygen atoms in total. The topological polar surface area (TPSA) is 97.0 Å². The van der Waals surface area contributed by atoms with Gasteiger partial charge in [-0.25, -0.2) is 17.7 Å². The normalized spacial score (nSPS) is 30.6. The summed E-state index contributed by atoms with van der Waals surface area (Å²) in [4.78, 5) is 4.62.